The van der Waals surface area contributed by atoms with E-state index in [1.54, 1.807) is 39.8 Å². The Balaban J connectivity index is 2.15. The van der Waals surface area contributed by atoms with Crippen LogP contribution < -0.4 is 0 Å². The highest BCUT2D eigenvalue weighted by Gasteiger charge is 2.29. The monoisotopic (exact) mass is 444 g/mol. The summed E-state index contributed by atoms with van der Waals surface area (Å²) >= 11 is 0. The molecule has 6 nitrogen and oxygen atoms in total. The molecule has 0 N–H and O–H groups in total. The van der Waals surface area contributed by atoms with E-state index in [-0.39, 0.29) is 12.1 Å². The number of hydrogen-bond donors (Lipinski definition) is 0. The van der Waals surface area contributed by atoms with E-state index < -0.39 is 22.5 Å². The van der Waals surface area contributed by atoms with Gasteiger partial charge >= 0.3 is 5.97 Å². The predicted molar refractivity (Wildman–Crippen MR) is 130 cm³/mol. The van der Waals surface area contributed by atoms with Crippen molar-refractivity contribution in [3.8, 4) is 0 Å². The molecule has 0 aliphatic carbocycles. The summed E-state index contributed by atoms with van der Waals surface area (Å²) in [7, 11) is 0. The van der Waals surface area contributed by atoms with Gasteiger partial charge in [0.2, 0.25) is 0 Å². The fraction of sp³-hybridized carbons (Fsp3) is 0.259. The number of rotatable bonds is 7. The highest BCUT2D eigenvalue weighted by molar-refractivity contribution is 6.13. The Hall–Kier alpha value is -3.80. The van der Waals surface area contributed by atoms with Crippen molar-refractivity contribution in [2.45, 2.75) is 45.8 Å². The Morgan fingerprint density at radius 3 is 1.97 bits per heavy atom. The molecule has 3 rings (SSSR count). The second-order valence-corrected chi connectivity index (χ2v) is 8.79. The van der Waals surface area contributed by atoms with E-state index >= 15 is 0 Å². The van der Waals surface area contributed by atoms with Gasteiger partial charge in [0.05, 0.1) is 10.6 Å². The molecule has 3 aromatic rings. The Kier molecular flexibility index (Phi) is 7.38. The third-order valence-corrected chi connectivity index (χ3v) is 5.04. The third kappa shape index (κ3) is 6.35. The number of hydrogen-bond acceptors (Lipinski definition) is 5. The minimum Gasteiger partial charge on any atom is -0.458 e. The molecule has 3 aromatic carbocycles. The molecular formula is C27H28N2O4. The molecule has 0 heterocycles. The van der Waals surface area contributed by atoms with Crippen LogP contribution in [0.2, 0.25) is 0 Å². The summed E-state index contributed by atoms with van der Waals surface area (Å²) in [4.78, 5) is 29.4. The number of esters is 1. The van der Waals surface area contributed by atoms with Crippen molar-refractivity contribution in [1.29, 1.82) is 0 Å². The van der Waals surface area contributed by atoms with Gasteiger partial charge in [-0.2, -0.15) is 0 Å². The third-order valence-electron chi connectivity index (χ3n) is 5.04. The quantitative estimate of drug-likeness (QED) is 0.203. The van der Waals surface area contributed by atoms with Crippen molar-refractivity contribution in [3.63, 3.8) is 0 Å². The number of nitro groups is 1. The average molecular weight is 445 g/mol. The van der Waals surface area contributed by atoms with Gasteiger partial charge in [-0.3, -0.25) is 15.1 Å². The molecule has 0 aromatic heterocycles. The first-order chi connectivity index (χ1) is 15.7. The molecule has 33 heavy (non-hydrogen) atoms. The summed E-state index contributed by atoms with van der Waals surface area (Å²) in [5, 5.41) is 11.7. The van der Waals surface area contributed by atoms with Crippen molar-refractivity contribution in [2.75, 3.05) is 0 Å². The SMILES string of the molecule is Cc1cccc([N+](=O)[O-])c1C[C@H](N=C(c1ccccc1)c1ccccc1)C(=O)OC(C)(C)C. The van der Waals surface area contributed by atoms with Gasteiger partial charge < -0.3 is 4.74 Å². The van der Waals surface area contributed by atoms with Crippen LogP contribution in [-0.4, -0.2) is 28.2 Å². The van der Waals surface area contributed by atoms with Crippen LogP contribution in [0.4, 0.5) is 5.69 Å². The molecule has 0 saturated heterocycles. The summed E-state index contributed by atoms with van der Waals surface area (Å²) in [6.07, 6.45) is 0.0566. The number of carbonyl (C=O) groups is 1. The number of aryl methyl sites for hydroxylation is 1. The van der Waals surface area contributed by atoms with Crippen molar-refractivity contribution in [3.05, 3.63) is 111 Å². The van der Waals surface area contributed by atoms with Crippen LogP contribution in [0.25, 0.3) is 0 Å². The van der Waals surface area contributed by atoms with E-state index in [9.17, 15) is 14.9 Å². The van der Waals surface area contributed by atoms with Crippen molar-refractivity contribution < 1.29 is 14.5 Å². The van der Waals surface area contributed by atoms with Gasteiger partial charge in [0.15, 0.2) is 6.04 Å². The van der Waals surface area contributed by atoms with Crippen molar-refractivity contribution in [2.24, 2.45) is 4.99 Å². The Morgan fingerprint density at radius 1 is 0.939 bits per heavy atom. The molecule has 0 amide bonds. The van der Waals surface area contributed by atoms with Crippen LogP contribution >= 0.6 is 0 Å². The lowest BCUT2D eigenvalue weighted by Crippen LogP contribution is -2.33. The zero-order chi connectivity index (χ0) is 24.0. The lowest BCUT2D eigenvalue weighted by atomic mass is 9.97. The topological polar surface area (TPSA) is 81.8 Å². The zero-order valence-electron chi connectivity index (χ0n) is 19.3. The summed E-state index contributed by atoms with van der Waals surface area (Å²) in [5.41, 5.74) is 2.77. The van der Waals surface area contributed by atoms with E-state index in [0.717, 1.165) is 16.7 Å². The molecule has 0 aliphatic rings. The van der Waals surface area contributed by atoms with E-state index in [2.05, 4.69) is 0 Å². The van der Waals surface area contributed by atoms with Crippen molar-refractivity contribution >= 4 is 17.4 Å². The van der Waals surface area contributed by atoms with E-state index in [1.165, 1.54) is 6.07 Å². The molecule has 170 valence electrons. The van der Waals surface area contributed by atoms with Crippen LogP contribution in [0.3, 0.4) is 0 Å². The van der Waals surface area contributed by atoms with Gasteiger partial charge in [-0.1, -0.05) is 72.8 Å². The van der Waals surface area contributed by atoms with Crippen LogP contribution in [0, 0.1) is 17.0 Å². The normalized spacial score (nSPS) is 12.0. The molecule has 0 fully saturated rings. The maximum absolute atomic E-state index is 13.3. The standard InChI is InChI=1S/C27H28N2O4/c1-19-12-11-17-24(29(31)32)22(19)18-23(26(30)33-27(2,3)4)28-25(20-13-7-5-8-14-20)21-15-9-6-10-16-21/h5-17,23H,18H2,1-4H3/t23-/m0/s1. The number of aliphatic imine (C=N–C) groups is 1. The minimum atomic E-state index is -0.959. The van der Waals surface area contributed by atoms with Crippen LogP contribution in [0.15, 0.2) is 83.9 Å². The number of nitro benzene ring substituents is 1. The summed E-state index contributed by atoms with van der Waals surface area (Å²) in [5.74, 6) is -0.524. The smallest absolute Gasteiger partial charge is 0.331 e. The molecule has 0 bridgehead atoms. The number of nitrogens with zero attached hydrogens (tertiary/aromatic N) is 2. The second kappa shape index (κ2) is 10.2. The van der Waals surface area contributed by atoms with E-state index in [0.29, 0.717) is 11.3 Å². The average Bonchev–Trinajstić information content (AvgIpc) is 2.77. The first-order valence-electron chi connectivity index (χ1n) is 10.8. The molecule has 0 aliphatic heterocycles. The van der Waals surface area contributed by atoms with Crippen LogP contribution in [0.5, 0.6) is 0 Å². The van der Waals surface area contributed by atoms with E-state index in [4.69, 9.17) is 9.73 Å². The zero-order valence-corrected chi connectivity index (χ0v) is 19.3. The summed E-state index contributed by atoms with van der Waals surface area (Å²) < 4.78 is 5.67. The lowest BCUT2D eigenvalue weighted by Gasteiger charge is -2.23. The Bertz CT molecular complexity index is 1110. The number of benzene rings is 3. The highest BCUT2D eigenvalue weighted by Crippen LogP contribution is 2.26. The molecule has 0 radical (unpaired) electrons. The molecular weight excluding hydrogens is 416 g/mol. The molecule has 0 saturated carbocycles. The maximum atomic E-state index is 13.3. The predicted octanol–water partition coefficient (Wildman–Crippen LogP) is 5.69. The first kappa shape index (κ1) is 23.9. The first-order valence-corrected chi connectivity index (χ1v) is 10.8. The fourth-order valence-corrected chi connectivity index (χ4v) is 3.53. The van der Waals surface area contributed by atoms with Gasteiger partial charge in [-0.05, 0) is 33.3 Å². The number of carbonyl (C=O) groups excluding carboxylic acids is 1. The van der Waals surface area contributed by atoms with Crippen LogP contribution in [-0.2, 0) is 16.0 Å². The fourth-order valence-electron chi connectivity index (χ4n) is 3.53. The largest absolute Gasteiger partial charge is 0.458 e. The van der Waals surface area contributed by atoms with Gasteiger partial charge in [0.25, 0.3) is 5.69 Å². The Labute approximate surface area is 194 Å². The molecule has 1 atom stereocenters. The van der Waals surface area contributed by atoms with Gasteiger partial charge in [0.1, 0.15) is 5.60 Å². The number of ether oxygens (including phenoxy) is 1. The van der Waals surface area contributed by atoms with Gasteiger partial charge in [-0.15, -0.1) is 0 Å². The Morgan fingerprint density at radius 2 is 1.48 bits per heavy atom. The molecule has 0 unspecified atom stereocenters. The van der Waals surface area contributed by atoms with Crippen LogP contribution in [0.1, 0.15) is 43.0 Å². The molecule has 0 spiro atoms. The summed E-state index contributed by atoms with van der Waals surface area (Å²) in [6.45, 7) is 7.17. The van der Waals surface area contributed by atoms with Crippen molar-refractivity contribution in [1.82, 2.24) is 0 Å². The van der Waals surface area contributed by atoms with E-state index in [1.807, 2.05) is 60.7 Å². The maximum Gasteiger partial charge on any atom is 0.331 e. The highest BCUT2D eigenvalue weighted by atomic mass is 16.6. The second-order valence-electron chi connectivity index (χ2n) is 8.79. The molecule has 6 heteroatoms. The summed E-state index contributed by atoms with van der Waals surface area (Å²) in [6, 6.07) is 23.1. The lowest BCUT2D eigenvalue weighted by molar-refractivity contribution is -0.385. The van der Waals surface area contributed by atoms with Gasteiger partial charge in [0, 0.05) is 29.2 Å². The minimum absolute atomic E-state index is 0.0280. The van der Waals surface area contributed by atoms with Gasteiger partial charge in [-0.25, -0.2) is 4.79 Å².